The Morgan fingerprint density at radius 1 is 0.679 bits per heavy atom. The summed E-state index contributed by atoms with van der Waals surface area (Å²) in [6.07, 6.45) is 0. The maximum Gasteiger partial charge on any atom is 0.154 e. The summed E-state index contributed by atoms with van der Waals surface area (Å²) in [5.41, 5.74) is 9.82. The summed E-state index contributed by atoms with van der Waals surface area (Å²) in [6.45, 7) is 15.5. The van der Waals surface area contributed by atoms with Crippen molar-refractivity contribution in [1.82, 2.24) is 0 Å². The molecule has 2 nitrogen and oxygen atoms in total. The normalized spacial score (nSPS) is 13.0. The second-order valence-corrected chi connectivity index (χ2v) is 8.99. The quantitative estimate of drug-likeness (QED) is 0.338. The average Bonchev–Trinajstić information content (AvgIpc) is 2.61. The molecule has 0 unspecified atom stereocenters. The van der Waals surface area contributed by atoms with E-state index in [1.807, 2.05) is 0 Å². The maximum absolute atomic E-state index is 6.41. The highest BCUT2D eigenvalue weighted by Gasteiger charge is 2.30. The molecule has 0 amide bonds. The number of para-hydroxylation sites is 2. The molecular weight excluding hydrogens is 342 g/mol. The molecule has 3 aromatic carbocycles. The zero-order valence-corrected chi connectivity index (χ0v) is 18.0. The number of hydrogen-bond donors (Lipinski definition) is 0. The first-order valence-corrected chi connectivity index (χ1v) is 9.97. The minimum Gasteiger partial charge on any atom is -0.452 e. The lowest BCUT2D eigenvalue weighted by Gasteiger charge is -2.36. The van der Waals surface area contributed by atoms with Gasteiger partial charge in [-0.1, -0.05) is 57.2 Å². The first-order valence-electron chi connectivity index (χ1n) is 9.97. The van der Waals surface area contributed by atoms with Gasteiger partial charge in [0, 0.05) is 0 Å². The lowest BCUT2D eigenvalue weighted by Crippen LogP contribution is -2.20. The van der Waals surface area contributed by atoms with Crippen LogP contribution in [0.25, 0.3) is 0 Å². The summed E-state index contributed by atoms with van der Waals surface area (Å²) in [7, 11) is 0. The fraction of sp³-hybridized carbons (Fsp3) is 0.308. The van der Waals surface area contributed by atoms with Crippen LogP contribution in [0.1, 0.15) is 48.6 Å². The van der Waals surface area contributed by atoms with Gasteiger partial charge in [-0.15, -0.1) is 0 Å². The third-order valence-corrected chi connectivity index (χ3v) is 5.65. The molecular formula is C26H29NO. The van der Waals surface area contributed by atoms with Crippen LogP contribution in [0.3, 0.4) is 0 Å². The van der Waals surface area contributed by atoms with Gasteiger partial charge in [0.1, 0.15) is 0 Å². The standard InChI is InChI=1S/C26H29NO/c1-16-10-8-12-21-24(16)28-25-17(2)11-9-13-22(25)27(21)23-18(3)14-20(15-19(23)4)26(5,6)7/h8-15H,1-7H3. The van der Waals surface area contributed by atoms with Gasteiger partial charge in [-0.25, -0.2) is 0 Å². The van der Waals surface area contributed by atoms with E-state index in [0.29, 0.717) is 0 Å². The SMILES string of the molecule is Cc1cccc2c1Oc1c(C)cccc1N2c1c(C)cc(C(C)(C)C)cc1C. The third-order valence-electron chi connectivity index (χ3n) is 5.65. The average molecular weight is 372 g/mol. The maximum atomic E-state index is 6.41. The fourth-order valence-electron chi connectivity index (χ4n) is 4.11. The lowest BCUT2D eigenvalue weighted by atomic mass is 9.84. The Balaban J connectivity index is 2.02. The molecule has 1 heterocycles. The van der Waals surface area contributed by atoms with E-state index in [1.165, 1.54) is 22.4 Å². The van der Waals surface area contributed by atoms with Crippen LogP contribution in [0.2, 0.25) is 0 Å². The van der Waals surface area contributed by atoms with Crippen LogP contribution in [0.15, 0.2) is 48.5 Å². The molecule has 0 N–H and O–H groups in total. The lowest BCUT2D eigenvalue weighted by molar-refractivity contribution is 0.469. The minimum atomic E-state index is 0.127. The number of anilines is 3. The van der Waals surface area contributed by atoms with E-state index in [-0.39, 0.29) is 5.41 Å². The van der Waals surface area contributed by atoms with Crippen LogP contribution >= 0.6 is 0 Å². The van der Waals surface area contributed by atoms with Crippen molar-refractivity contribution in [3.63, 3.8) is 0 Å². The van der Waals surface area contributed by atoms with E-state index in [2.05, 4.69) is 102 Å². The van der Waals surface area contributed by atoms with Crippen molar-refractivity contribution in [2.24, 2.45) is 0 Å². The molecule has 1 aliphatic heterocycles. The van der Waals surface area contributed by atoms with Crippen molar-refractivity contribution < 1.29 is 4.74 Å². The summed E-state index contributed by atoms with van der Waals surface area (Å²) in [4.78, 5) is 2.38. The predicted octanol–water partition coefficient (Wildman–Crippen LogP) is 7.79. The molecule has 0 aliphatic carbocycles. The number of nitrogens with zero attached hydrogens (tertiary/aromatic N) is 1. The van der Waals surface area contributed by atoms with Gasteiger partial charge in [0.05, 0.1) is 17.1 Å². The van der Waals surface area contributed by atoms with E-state index in [1.54, 1.807) is 0 Å². The predicted molar refractivity (Wildman–Crippen MR) is 119 cm³/mol. The van der Waals surface area contributed by atoms with Crippen molar-refractivity contribution >= 4 is 17.1 Å². The van der Waals surface area contributed by atoms with Crippen molar-refractivity contribution in [1.29, 1.82) is 0 Å². The van der Waals surface area contributed by atoms with Gasteiger partial charge in [-0.05, 0) is 73.1 Å². The highest BCUT2D eigenvalue weighted by atomic mass is 16.5. The number of aryl methyl sites for hydroxylation is 4. The largest absolute Gasteiger partial charge is 0.452 e. The van der Waals surface area contributed by atoms with Crippen molar-refractivity contribution in [2.75, 3.05) is 4.90 Å². The second-order valence-electron chi connectivity index (χ2n) is 8.99. The molecule has 28 heavy (non-hydrogen) atoms. The van der Waals surface area contributed by atoms with E-state index >= 15 is 0 Å². The molecule has 0 atom stereocenters. The smallest absolute Gasteiger partial charge is 0.154 e. The first kappa shape index (κ1) is 18.6. The van der Waals surface area contributed by atoms with E-state index in [9.17, 15) is 0 Å². The molecule has 0 saturated carbocycles. The topological polar surface area (TPSA) is 12.5 Å². The van der Waals surface area contributed by atoms with Crippen LogP contribution in [0.5, 0.6) is 11.5 Å². The summed E-state index contributed by atoms with van der Waals surface area (Å²) >= 11 is 0. The molecule has 0 saturated heterocycles. The minimum absolute atomic E-state index is 0.127. The Morgan fingerprint density at radius 3 is 1.57 bits per heavy atom. The zero-order chi connectivity index (χ0) is 20.2. The number of rotatable bonds is 1. The highest BCUT2D eigenvalue weighted by molar-refractivity contribution is 5.89. The number of hydrogen-bond acceptors (Lipinski definition) is 2. The Kier molecular flexibility index (Phi) is 4.26. The van der Waals surface area contributed by atoms with Gasteiger partial charge in [0.15, 0.2) is 11.5 Å². The van der Waals surface area contributed by atoms with Crippen molar-refractivity contribution in [3.8, 4) is 11.5 Å². The molecule has 1 aliphatic rings. The highest BCUT2D eigenvalue weighted by Crippen LogP contribution is 2.53. The second kappa shape index (κ2) is 6.41. The van der Waals surface area contributed by atoms with Crippen molar-refractivity contribution in [2.45, 2.75) is 53.9 Å². The Bertz CT molecular complexity index is 998. The number of fused-ring (bicyclic) bond motifs is 2. The molecule has 0 bridgehead atoms. The Labute approximate surface area is 168 Å². The molecule has 0 fully saturated rings. The first-order chi connectivity index (χ1) is 13.2. The summed E-state index contributed by atoms with van der Waals surface area (Å²) in [5.74, 6) is 1.89. The molecule has 4 rings (SSSR count). The molecule has 144 valence electrons. The number of benzene rings is 3. The Morgan fingerprint density at radius 2 is 1.14 bits per heavy atom. The fourth-order valence-corrected chi connectivity index (χ4v) is 4.11. The van der Waals surface area contributed by atoms with Gasteiger partial charge >= 0.3 is 0 Å². The molecule has 0 aromatic heterocycles. The van der Waals surface area contributed by atoms with E-state index in [4.69, 9.17) is 4.74 Å². The number of ether oxygens (including phenoxy) is 1. The van der Waals surface area contributed by atoms with Gasteiger partial charge < -0.3 is 9.64 Å². The third kappa shape index (κ3) is 2.88. The van der Waals surface area contributed by atoms with Crippen LogP contribution in [0, 0.1) is 27.7 Å². The van der Waals surface area contributed by atoms with E-state index < -0.39 is 0 Å². The van der Waals surface area contributed by atoms with E-state index in [0.717, 1.165) is 34.0 Å². The summed E-state index contributed by atoms with van der Waals surface area (Å²) in [5, 5.41) is 0. The summed E-state index contributed by atoms with van der Waals surface area (Å²) < 4.78 is 6.41. The molecule has 3 aromatic rings. The Hall–Kier alpha value is -2.74. The van der Waals surface area contributed by atoms with Crippen LogP contribution in [0.4, 0.5) is 17.1 Å². The van der Waals surface area contributed by atoms with Gasteiger partial charge in [-0.2, -0.15) is 0 Å². The van der Waals surface area contributed by atoms with Gasteiger partial charge in [0.25, 0.3) is 0 Å². The molecule has 0 spiro atoms. The van der Waals surface area contributed by atoms with Crippen LogP contribution < -0.4 is 9.64 Å². The van der Waals surface area contributed by atoms with Crippen LogP contribution in [-0.2, 0) is 5.41 Å². The molecule has 2 heteroatoms. The van der Waals surface area contributed by atoms with Crippen molar-refractivity contribution in [3.05, 3.63) is 76.3 Å². The van der Waals surface area contributed by atoms with Gasteiger partial charge in [0.2, 0.25) is 0 Å². The zero-order valence-electron chi connectivity index (χ0n) is 18.0. The van der Waals surface area contributed by atoms with Gasteiger partial charge in [-0.3, -0.25) is 0 Å². The monoisotopic (exact) mass is 371 g/mol. The van der Waals surface area contributed by atoms with Crippen LogP contribution in [-0.4, -0.2) is 0 Å². The summed E-state index contributed by atoms with van der Waals surface area (Å²) in [6, 6.07) is 17.4. The molecule has 0 radical (unpaired) electrons.